The minimum absolute atomic E-state index is 0.0138. The summed E-state index contributed by atoms with van der Waals surface area (Å²) in [4.78, 5) is 16.4. The summed E-state index contributed by atoms with van der Waals surface area (Å²) in [5.41, 5.74) is 1.88. The van der Waals surface area contributed by atoms with Crippen LogP contribution in [0.15, 0.2) is 10.8 Å². The Bertz CT molecular complexity index is 483. The highest BCUT2D eigenvalue weighted by Gasteiger charge is 2.26. The van der Waals surface area contributed by atoms with Crippen LogP contribution in [0.2, 0.25) is 0 Å². The van der Waals surface area contributed by atoms with Crippen LogP contribution in [0.1, 0.15) is 29.3 Å². The third-order valence-corrected chi connectivity index (χ3v) is 4.53. The third kappa shape index (κ3) is 2.96. The first-order valence-corrected chi connectivity index (χ1v) is 7.57. The third-order valence-electron chi connectivity index (χ3n) is 3.66. The fourth-order valence-electron chi connectivity index (χ4n) is 2.42. The molecule has 1 saturated heterocycles. The lowest BCUT2D eigenvalue weighted by atomic mass is 10.1. The summed E-state index contributed by atoms with van der Waals surface area (Å²) in [6.45, 7) is 7.02. The Morgan fingerprint density at radius 1 is 1.42 bits per heavy atom. The van der Waals surface area contributed by atoms with Gasteiger partial charge in [-0.3, -0.25) is 9.69 Å². The van der Waals surface area contributed by atoms with E-state index in [2.05, 4.69) is 11.0 Å². The number of amides is 1. The van der Waals surface area contributed by atoms with Gasteiger partial charge < -0.3 is 4.90 Å². The molecule has 0 spiro atoms. The van der Waals surface area contributed by atoms with Gasteiger partial charge in [-0.2, -0.15) is 16.6 Å². The second kappa shape index (κ2) is 6.18. The van der Waals surface area contributed by atoms with Crippen LogP contribution in [-0.4, -0.2) is 47.9 Å². The van der Waals surface area contributed by atoms with Crippen LogP contribution >= 0.6 is 11.3 Å². The van der Waals surface area contributed by atoms with Crippen molar-refractivity contribution in [3.05, 3.63) is 21.9 Å². The van der Waals surface area contributed by atoms with E-state index in [0.29, 0.717) is 13.1 Å². The number of piperazine rings is 1. The van der Waals surface area contributed by atoms with E-state index in [1.54, 1.807) is 11.3 Å². The predicted octanol–water partition coefficient (Wildman–Crippen LogP) is 2.12. The molecule has 2 heterocycles. The van der Waals surface area contributed by atoms with Crippen LogP contribution in [0.25, 0.3) is 0 Å². The Labute approximate surface area is 118 Å². The van der Waals surface area contributed by atoms with Crippen molar-refractivity contribution in [2.75, 3.05) is 26.2 Å². The molecule has 1 fully saturated rings. The van der Waals surface area contributed by atoms with Crippen molar-refractivity contribution in [2.24, 2.45) is 0 Å². The second-order valence-electron chi connectivity index (χ2n) is 4.85. The fourth-order valence-corrected chi connectivity index (χ4v) is 3.24. The van der Waals surface area contributed by atoms with Crippen molar-refractivity contribution < 1.29 is 4.79 Å². The van der Waals surface area contributed by atoms with E-state index in [0.717, 1.165) is 30.6 Å². The molecule has 2 rings (SSSR count). The van der Waals surface area contributed by atoms with Crippen LogP contribution in [0.4, 0.5) is 0 Å². The SMILES string of the molecule is CCC(C#N)N1CCN(C(=O)c2cscc2C)CC1. The van der Waals surface area contributed by atoms with Crippen molar-refractivity contribution in [1.82, 2.24) is 9.80 Å². The van der Waals surface area contributed by atoms with Gasteiger partial charge >= 0.3 is 0 Å². The molecule has 1 unspecified atom stereocenters. The number of rotatable bonds is 3. The van der Waals surface area contributed by atoms with E-state index in [4.69, 9.17) is 5.26 Å². The molecule has 1 aromatic heterocycles. The van der Waals surface area contributed by atoms with E-state index in [9.17, 15) is 4.79 Å². The molecule has 0 aliphatic carbocycles. The number of carbonyl (C=O) groups excluding carboxylic acids is 1. The van der Waals surface area contributed by atoms with Gasteiger partial charge in [-0.25, -0.2) is 0 Å². The number of aryl methyl sites for hydroxylation is 1. The van der Waals surface area contributed by atoms with Gasteiger partial charge in [0.05, 0.1) is 17.7 Å². The lowest BCUT2D eigenvalue weighted by Crippen LogP contribution is -2.51. The molecule has 0 N–H and O–H groups in total. The molecule has 0 radical (unpaired) electrons. The summed E-state index contributed by atoms with van der Waals surface area (Å²) >= 11 is 1.57. The largest absolute Gasteiger partial charge is 0.336 e. The summed E-state index contributed by atoms with van der Waals surface area (Å²) in [6.07, 6.45) is 0.841. The molecule has 1 amide bonds. The van der Waals surface area contributed by atoms with Gasteiger partial charge in [0.2, 0.25) is 0 Å². The standard InChI is InChI=1S/C14H19N3OS/c1-3-12(8-15)16-4-6-17(7-5-16)14(18)13-10-19-9-11(13)2/h9-10,12H,3-7H2,1-2H3. The van der Waals surface area contributed by atoms with Gasteiger partial charge in [0.15, 0.2) is 0 Å². The molecule has 0 bridgehead atoms. The lowest BCUT2D eigenvalue weighted by molar-refractivity contribution is 0.0604. The first-order chi connectivity index (χ1) is 9.17. The molecule has 5 heteroatoms. The number of carbonyl (C=O) groups is 1. The quantitative estimate of drug-likeness (QED) is 0.850. The van der Waals surface area contributed by atoms with Gasteiger partial charge in [0.1, 0.15) is 0 Å². The maximum Gasteiger partial charge on any atom is 0.255 e. The monoisotopic (exact) mass is 277 g/mol. The normalized spacial score (nSPS) is 18.1. The zero-order valence-electron chi connectivity index (χ0n) is 11.4. The Morgan fingerprint density at radius 2 is 2.11 bits per heavy atom. The van der Waals surface area contributed by atoms with Crippen LogP contribution in [-0.2, 0) is 0 Å². The summed E-state index contributed by atoms with van der Waals surface area (Å²) in [5.74, 6) is 0.128. The first kappa shape index (κ1) is 14.0. The molecule has 102 valence electrons. The number of thiophene rings is 1. The number of hydrogen-bond donors (Lipinski definition) is 0. The van der Waals surface area contributed by atoms with Crippen molar-refractivity contribution in [1.29, 1.82) is 5.26 Å². The van der Waals surface area contributed by atoms with E-state index in [1.807, 2.05) is 29.5 Å². The Kier molecular flexibility index (Phi) is 4.56. The smallest absolute Gasteiger partial charge is 0.255 e. The molecule has 0 saturated carbocycles. The number of hydrogen-bond acceptors (Lipinski definition) is 4. The first-order valence-electron chi connectivity index (χ1n) is 6.63. The Balaban J connectivity index is 1.96. The average molecular weight is 277 g/mol. The molecular formula is C14H19N3OS. The average Bonchev–Trinajstić information content (AvgIpc) is 2.86. The Morgan fingerprint density at radius 3 is 2.58 bits per heavy atom. The summed E-state index contributed by atoms with van der Waals surface area (Å²) in [7, 11) is 0. The maximum atomic E-state index is 12.3. The topological polar surface area (TPSA) is 47.3 Å². The highest BCUT2D eigenvalue weighted by atomic mass is 32.1. The number of nitrogens with zero attached hydrogens (tertiary/aromatic N) is 3. The van der Waals surface area contributed by atoms with Crippen molar-refractivity contribution >= 4 is 17.2 Å². The molecule has 1 atom stereocenters. The van der Waals surface area contributed by atoms with E-state index in [1.165, 1.54) is 0 Å². The van der Waals surface area contributed by atoms with Crippen molar-refractivity contribution in [3.8, 4) is 6.07 Å². The second-order valence-corrected chi connectivity index (χ2v) is 5.59. The van der Waals surface area contributed by atoms with Crippen LogP contribution < -0.4 is 0 Å². The van der Waals surface area contributed by atoms with Crippen LogP contribution in [0.5, 0.6) is 0 Å². The summed E-state index contributed by atoms with van der Waals surface area (Å²) in [5, 5.41) is 13.0. The molecule has 19 heavy (non-hydrogen) atoms. The van der Waals surface area contributed by atoms with Gasteiger partial charge in [0, 0.05) is 31.6 Å². The highest BCUT2D eigenvalue weighted by molar-refractivity contribution is 7.08. The zero-order chi connectivity index (χ0) is 13.8. The molecule has 1 aliphatic heterocycles. The molecule has 4 nitrogen and oxygen atoms in total. The minimum Gasteiger partial charge on any atom is -0.336 e. The van der Waals surface area contributed by atoms with E-state index >= 15 is 0 Å². The Hall–Kier alpha value is -1.38. The van der Waals surface area contributed by atoms with Crippen molar-refractivity contribution in [2.45, 2.75) is 26.3 Å². The van der Waals surface area contributed by atoms with Crippen LogP contribution in [0, 0.1) is 18.3 Å². The lowest BCUT2D eigenvalue weighted by Gasteiger charge is -2.36. The molecule has 1 aliphatic rings. The molecule has 1 aromatic rings. The van der Waals surface area contributed by atoms with Gasteiger partial charge in [-0.05, 0) is 24.3 Å². The van der Waals surface area contributed by atoms with Crippen molar-refractivity contribution in [3.63, 3.8) is 0 Å². The van der Waals surface area contributed by atoms with Crippen LogP contribution in [0.3, 0.4) is 0 Å². The number of nitriles is 1. The maximum absolute atomic E-state index is 12.3. The molecule has 0 aromatic carbocycles. The predicted molar refractivity (Wildman–Crippen MR) is 76.2 cm³/mol. The fraction of sp³-hybridized carbons (Fsp3) is 0.571. The van der Waals surface area contributed by atoms with E-state index in [-0.39, 0.29) is 11.9 Å². The van der Waals surface area contributed by atoms with Gasteiger partial charge in [-0.15, -0.1) is 0 Å². The summed E-state index contributed by atoms with van der Waals surface area (Å²) in [6, 6.07) is 2.31. The zero-order valence-corrected chi connectivity index (χ0v) is 12.2. The summed E-state index contributed by atoms with van der Waals surface area (Å²) < 4.78 is 0. The van der Waals surface area contributed by atoms with Gasteiger partial charge in [-0.1, -0.05) is 6.92 Å². The highest BCUT2D eigenvalue weighted by Crippen LogP contribution is 2.18. The van der Waals surface area contributed by atoms with Gasteiger partial charge in [0.25, 0.3) is 5.91 Å². The molecular weight excluding hydrogens is 258 g/mol. The van der Waals surface area contributed by atoms with E-state index < -0.39 is 0 Å². The minimum atomic E-state index is -0.0138.